The second-order valence-corrected chi connectivity index (χ2v) is 9.21. The number of likely N-dealkylation sites (tertiary alicyclic amines) is 1. The maximum atomic E-state index is 12.8. The molecule has 6 heteroatoms. The first-order valence-electron chi connectivity index (χ1n) is 10.4. The van der Waals surface area contributed by atoms with Crippen molar-refractivity contribution in [2.45, 2.75) is 50.1 Å². The largest absolute Gasteiger partial charge is 0.366 e. The number of amides is 1. The zero-order valence-electron chi connectivity index (χ0n) is 16.2. The molecule has 5 fully saturated rings. The predicted molar refractivity (Wildman–Crippen MR) is 104 cm³/mol. The van der Waals surface area contributed by atoms with Gasteiger partial charge in [0, 0.05) is 30.9 Å². The number of carbonyl (C=O) groups is 1. The Morgan fingerprint density at radius 3 is 2.78 bits per heavy atom. The van der Waals surface area contributed by atoms with E-state index in [2.05, 4.69) is 22.2 Å². The van der Waals surface area contributed by atoms with Crippen LogP contribution in [0.25, 0.3) is 0 Å². The van der Waals surface area contributed by atoms with Crippen LogP contribution in [0.2, 0.25) is 0 Å². The zero-order chi connectivity index (χ0) is 18.4. The third-order valence-electron chi connectivity index (χ3n) is 6.86. The molecule has 2 bridgehead atoms. The van der Waals surface area contributed by atoms with Crippen molar-refractivity contribution in [3.63, 3.8) is 0 Å². The molecule has 0 aromatic carbocycles. The van der Waals surface area contributed by atoms with Gasteiger partial charge in [0.2, 0.25) is 0 Å². The van der Waals surface area contributed by atoms with Gasteiger partial charge in [-0.3, -0.25) is 9.69 Å². The van der Waals surface area contributed by atoms with E-state index in [9.17, 15) is 4.79 Å². The van der Waals surface area contributed by atoms with Crippen LogP contribution in [0.4, 0.5) is 5.82 Å². The predicted octanol–water partition coefficient (Wildman–Crippen LogP) is 2.58. The van der Waals surface area contributed by atoms with E-state index >= 15 is 0 Å². The van der Waals surface area contributed by atoms with Crippen LogP contribution in [-0.4, -0.2) is 65.7 Å². The van der Waals surface area contributed by atoms with Crippen molar-refractivity contribution in [3.05, 3.63) is 23.9 Å². The van der Waals surface area contributed by atoms with Crippen LogP contribution in [0, 0.1) is 11.8 Å². The Kier molecular flexibility index (Phi) is 4.36. The van der Waals surface area contributed by atoms with E-state index in [-0.39, 0.29) is 5.91 Å². The van der Waals surface area contributed by atoms with Crippen LogP contribution in [0.15, 0.2) is 18.3 Å². The number of rotatable bonds is 8. The number of carbonyl (C=O) groups excluding carboxylic acids is 1. The number of likely N-dealkylation sites (N-methyl/N-ethyl adjacent to an activating group) is 1. The molecule has 0 unspecified atom stereocenters. The summed E-state index contributed by atoms with van der Waals surface area (Å²) in [5.41, 5.74) is 1.00. The van der Waals surface area contributed by atoms with Crippen molar-refractivity contribution >= 4 is 11.7 Å². The number of aromatic nitrogens is 1. The molecular formula is C21H30N4O2. The summed E-state index contributed by atoms with van der Waals surface area (Å²) < 4.78 is 5.79. The van der Waals surface area contributed by atoms with Gasteiger partial charge in [-0.15, -0.1) is 0 Å². The molecule has 1 aromatic heterocycles. The monoisotopic (exact) mass is 370 g/mol. The molecule has 1 aliphatic heterocycles. The third kappa shape index (κ3) is 3.57. The molecule has 6 rings (SSSR count). The number of hydrogen-bond acceptors (Lipinski definition) is 5. The van der Waals surface area contributed by atoms with Crippen molar-refractivity contribution in [2.24, 2.45) is 11.8 Å². The number of nitrogens with zero attached hydrogens (tertiary/aromatic N) is 3. The van der Waals surface area contributed by atoms with Gasteiger partial charge in [0.1, 0.15) is 5.82 Å². The molecule has 146 valence electrons. The number of anilines is 1. The quantitative estimate of drug-likeness (QED) is 0.713. The van der Waals surface area contributed by atoms with E-state index in [1.165, 1.54) is 32.1 Å². The van der Waals surface area contributed by atoms with Gasteiger partial charge in [-0.1, -0.05) is 0 Å². The highest BCUT2D eigenvalue weighted by molar-refractivity contribution is 5.94. The number of nitrogens with one attached hydrogen (secondary N) is 1. The average Bonchev–Trinajstić information content (AvgIpc) is 3.30. The van der Waals surface area contributed by atoms with E-state index in [1.807, 2.05) is 17.0 Å². The van der Waals surface area contributed by atoms with E-state index < -0.39 is 0 Å². The summed E-state index contributed by atoms with van der Waals surface area (Å²) in [5.74, 6) is 2.73. The second kappa shape index (κ2) is 6.74. The molecule has 4 aliphatic carbocycles. The topological polar surface area (TPSA) is 57.7 Å². The van der Waals surface area contributed by atoms with Gasteiger partial charge in [0.15, 0.2) is 0 Å². The lowest BCUT2D eigenvalue weighted by Gasteiger charge is -2.62. The minimum atomic E-state index is 0.0920. The molecule has 1 saturated heterocycles. The summed E-state index contributed by atoms with van der Waals surface area (Å²) in [5, 5.41) is 3.55. The fourth-order valence-electron chi connectivity index (χ4n) is 4.72. The Bertz CT molecular complexity index is 686. The summed E-state index contributed by atoms with van der Waals surface area (Å²) in [6, 6.07) is 4.25. The van der Waals surface area contributed by atoms with Crippen molar-refractivity contribution in [3.8, 4) is 0 Å². The molecule has 0 spiro atoms. The van der Waals surface area contributed by atoms with Crippen molar-refractivity contribution < 1.29 is 9.53 Å². The summed E-state index contributed by atoms with van der Waals surface area (Å²) in [6.45, 7) is 3.12. The van der Waals surface area contributed by atoms with Crippen LogP contribution in [0.5, 0.6) is 0 Å². The smallest absolute Gasteiger partial charge is 0.255 e. The van der Waals surface area contributed by atoms with E-state index in [0.717, 1.165) is 43.8 Å². The van der Waals surface area contributed by atoms with Gasteiger partial charge in [-0.05, 0) is 69.5 Å². The molecular weight excluding hydrogens is 340 g/mol. The molecule has 2 heterocycles. The standard InChI is InChI=1S/C21H30N4O2/c1-24(14-27-13-15-2-3-15)18-6-7-25(12-18)20(26)17-4-5-19(22-11-17)23-21-8-16(9-21)10-21/h4-5,11,15-16,18H,2-3,6-10,12-14H2,1H3,(H,22,23)/t16?,18-,21?/m0/s1. The van der Waals surface area contributed by atoms with Gasteiger partial charge < -0.3 is 15.0 Å². The minimum Gasteiger partial charge on any atom is -0.366 e. The Hall–Kier alpha value is -1.66. The van der Waals surface area contributed by atoms with E-state index in [0.29, 0.717) is 23.9 Å². The maximum Gasteiger partial charge on any atom is 0.255 e. The first kappa shape index (κ1) is 17.4. The first-order chi connectivity index (χ1) is 13.1. The number of hydrogen-bond donors (Lipinski definition) is 1. The normalized spacial score (nSPS) is 31.6. The van der Waals surface area contributed by atoms with Crippen LogP contribution < -0.4 is 5.32 Å². The summed E-state index contributed by atoms with van der Waals surface area (Å²) >= 11 is 0. The third-order valence-corrected chi connectivity index (χ3v) is 6.86. The average molecular weight is 370 g/mol. The summed E-state index contributed by atoms with van der Waals surface area (Å²) in [6.07, 6.45) is 9.21. The maximum absolute atomic E-state index is 12.8. The van der Waals surface area contributed by atoms with Crippen LogP contribution in [0.1, 0.15) is 48.9 Å². The van der Waals surface area contributed by atoms with Crippen LogP contribution in [-0.2, 0) is 4.74 Å². The Morgan fingerprint density at radius 2 is 2.15 bits per heavy atom. The highest BCUT2D eigenvalue weighted by atomic mass is 16.5. The zero-order valence-corrected chi connectivity index (χ0v) is 16.2. The highest BCUT2D eigenvalue weighted by Crippen LogP contribution is 2.58. The molecule has 6 nitrogen and oxygen atoms in total. The van der Waals surface area contributed by atoms with Crippen LogP contribution in [0.3, 0.4) is 0 Å². The number of pyridine rings is 1. The lowest BCUT2D eigenvalue weighted by Crippen LogP contribution is -2.63. The summed E-state index contributed by atoms with van der Waals surface area (Å²) in [7, 11) is 2.10. The highest BCUT2D eigenvalue weighted by Gasteiger charge is 2.56. The molecule has 1 atom stereocenters. The minimum absolute atomic E-state index is 0.0920. The van der Waals surface area contributed by atoms with Gasteiger partial charge in [0.25, 0.3) is 5.91 Å². The van der Waals surface area contributed by atoms with Crippen molar-refractivity contribution in [2.75, 3.05) is 38.8 Å². The van der Waals surface area contributed by atoms with Gasteiger partial charge in [-0.25, -0.2) is 4.98 Å². The van der Waals surface area contributed by atoms with Gasteiger partial charge in [-0.2, -0.15) is 0 Å². The fraction of sp³-hybridized carbons (Fsp3) is 0.714. The van der Waals surface area contributed by atoms with E-state index in [1.54, 1.807) is 6.20 Å². The second-order valence-electron chi connectivity index (χ2n) is 9.21. The van der Waals surface area contributed by atoms with Crippen molar-refractivity contribution in [1.82, 2.24) is 14.8 Å². The Balaban J connectivity index is 1.11. The molecule has 1 aromatic rings. The van der Waals surface area contributed by atoms with Gasteiger partial charge in [0.05, 0.1) is 18.9 Å². The van der Waals surface area contributed by atoms with Crippen LogP contribution >= 0.6 is 0 Å². The molecule has 1 N–H and O–H groups in total. The fourth-order valence-corrected chi connectivity index (χ4v) is 4.72. The van der Waals surface area contributed by atoms with Gasteiger partial charge >= 0.3 is 0 Å². The molecule has 27 heavy (non-hydrogen) atoms. The molecule has 4 saturated carbocycles. The molecule has 0 radical (unpaired) electrons. The SMILES string of the molecule is CN(COCC1CC1)[C@H]1CCN(C(=O)c2ccc(NC34CC(C3)C4)nc2)C1. The molecule has 1 amide bonds. The van der Waals surface area contributed by atoms with E-state index in [4.69, 9.17) is 4.74 Å². The number of ether oxygens (including phenoxy) is 1. The lowest BCUT2D eigenvalue weighted by molar-refractivity contribution is 0.00181. The Labute approximate surface area is 161 Å². The molecule has 5 aliphatic rings. The lowest BCUT2D eigenvalue weighted by atomic mass is 9.50. The summed E-state index contributed by atoms with van der Waals surface area (Å²) in [4.78, 5) is 21.5. The first-order valence-corrected chi connectivity index (χ1v) is 10.4. The van der Waals surface area contributed by atoms with Crippen molar-refractivity contribution in [1.29, 1.82) is 0 Å². The Morgan fingerprint density at radius 1 is 1.33 bits per heavy atom.